The summed E-state index contributed by atoms with van der Waals surface area (Å²) in [6, 6.07) is 5.07. The average molecular weight is 673 g/mol. The van der Waals surface area contributed by atoms with Crippen molar-refractivity contribution in [3.05, 3.63) is 40.2 Å². The molecule has 0 bridgehead atoms. The summed E-state index contributed by atoms with van der Waals surface area (Å²) in [5, 5.41) is 12.6. The van der Waals surface area contributed by atoms with Gasteiger partial charge in [0.05, 0.1) is 0 Å². The Morgan fingerprint density at radius 1 is 0.548 bits per heavy atom. The maximum atomic E-state index is 11.8. The van der Waals surface area contributed by atoms with Crippen molar-refractivity contribution in [2.75, 3.05) is 39.3 Å². The summed E-state index contributed by atoms with van der Waals surface area (Å²) in [4.78, 5) is 0. The summed E-state index contributed by atoms with van der Waals surface area (Å²) in [5.41, 5.74) is 0. The number of nitrogens with zero attached hydrogens (tertiary/aromatic N) is 3. The minimum Gasteiger partial charge on any atom is 4.00 e. The molecule has 0 fully saturated rings. The zero-order valence-corrected chi connectivity index (χ0v) is 26.5. The topological polar surface area (TPSA) is 42.3 Å². The molecular weight excluding hydrogens is 626 g/mol. The van der Waals surface area contributed by atoms with E-state index in [0.29, 0.717) is 0 Å². The van der Waals surface area contributed by atoms with Crippen molar-refractivity contribution >= 4 is 19.1 Å². The van der Waals surface area contributed by atoms with E-state index in [1.165, 1.54) is 50.7 Å². The van der Waals surface area contributed by atoms with Crippen molar-refractivity contribution in [2.45, 2.75) is 80.1 Å². The van der Waals surface area contributed by atoms with Crippen LogP contribution in [-0.4, -0.2) is 53.9 Å². The van der Waals surface area contributed by atoms with E-state index >= 15 is 0 Å². The van der Waals surface area contributed by atoms with Crippen molar-refractivity contribution in [3.8, 4) is 0 Å². The van der Waals surface area contributed by atoms with Crippen LogP contribution < -0.4 is 4.40 Å². The normalized spacial score (nSPS) is 9.84. The zero-order chi connectivity index (χ0) is 23.5. The molecular formula is C23H46F3GeHfN3. The van der Waals surface area contributed by atoms with E-state index < -0.39 is 19.1 Å². The Labute approximate surface area is 214 Å². The molecule has 0 amide bonds. The second-order valence-electron chi connectivity index (χ2n) is 6.68. The van der Waals surface area contributed by atoms with Crippen LogP contribution in [0.3, 0.4) is 0 Å². The van der Waals surface area contributed by atoms with Gasteiger partial charge in [-0.05, 0) is 0 Å². The minimum atomic E-state index is -5.94. The molecule has 0 atom stereocenters. The molecule has 31 heavy (non-hydrogen) atoms. The van der Waals surface area contributed by atoms with Gasteiger partial charge in [0, 0.05) is 0 Å². The second-order valence-corrected chi connectivity index (χ2v) is 9.98. The molecule has 182 valence electrons. The minimum absolute atomic E-state index is 0. The van der Waals surface area contributed by atoms with Crippen molar-refractivity contribution < 1.29 is 36.3 Å². The van der Waals surface area contributed by atoms with Crippen molar-refractivity contribution in [2.24, 2.45) is 0 Å². The van der Waals surface area contributed by atoms with Crippen LogP contribution in [0.4, 0.5) is 10.5 Å². The van der Waals surface area contributed by atoms with Gasteiger partial charge in [0.15, 0.2) is 0 Å². The first-order chi connectivity index (χ1) is 14.3. The van der Waals surface area contributed by atoms with Gasteiger partial charge in [-0.2, -0.15) is 0 Å². The molecule has 0 aliphatic heterocycles. The van der Waals surface area contributed by atoms with Crippen LogP contribution in [0.25, 0.3) is 16.0 Å². The summed E-state index contributed by atoms with van der Waals surface area (Å²) in [5.74, 6) is 0. The van der Waals surface area contributed by atoms with E-state index in [1.54, 1.807) is 0 Å². The van der Waals surface area contributed by atoms with Gasteiger partial charge in [0.2, 0.25) is 0 Å². The maximum absolute atomic E-state index is 11.8. The van der Waals surface area contributed by atoms with E-state index in [-0.39, 0.29) is 25.8 Å². The third kappa shape index (κ3) is 38.0. The fourth-order valence-electron chi connectivity index (χ4n) is 1.85. The molecule has 0 N–H and O–H groups in total. The fourth-order valence-corrected chi connectivity index (χ4v) is 3.04. The summed E-state index contributed by atoms with van der Waals surface area (Å²) in [6.07, 6.45) is 7.17. The third-order valence-corrected chi connectivity index (χ3v) is 5.35. The van der Waals surface area contributed by atoms with E-state index in [2.05, 4.69) is 57.5 Å². The summed E-state index contributed by atoms with van der Waals surface area (Å²) in [7, 11) is 0. The molecule has 0 spiro atoms. The van der Waals surface area contributed by atoms with Gasteiger partial charge in [-0.25, -0.2) is 0 Å². The molecule has 8 heteroatoms. The van der Waals surface area contributed by atoms with Crippen molar-refractivity contribution in [3.63, 3.8) is 0 Å². The monoisotopic (exact) mass is 675 g/mol. The Morgan fingerprint density at radius 3 is 0.903 bits per heavy atom. The first-order valence-electron chi connectivity index (χ1n) is 11.5. The van der Waals surface area contributed by atoms with Gasteiger partial charge in [0.25, 0.3) is 0 Å². The van der Waals surface area contributed by atoms with Gasteiger partial charge in [-0.15, -0.1) is 39.3 Å². The first kappa shape index (κ1) is 38.7. The van der Waals surface area contributed by atoms with Crippen LogP contribution in [0.5, 0.6) is 0 Å². The second kappa shape index (κ2) is 32.6. The fraction of sp³-hybridized carbons (Fsp3) is 0.783. The summed E-state index contributed by atoms with van der Waals surface area (Å²) in [6.45, 7) is 19.2. The average Bonchev–Trinajstić information content (AvgIpc) is 3.26. The van der Waals surface area contributed by atoms with Gasteiger partial charge in [-0.3, -0.25) is 0 Å². The van der Waals surface area contributed by atoms with E-state index in [0.717, 1.165) is 51.4 Å². The summed E-state index contributed by atoms with van der Waals surface area (Å²) < 4.78 is 35.0. The van der Waals surface area contributed by atoms with Gasteiger partial charge < -0.3 is 16.0 Å². The number of rotatable bonds is 13. The number of halogens is 3. The molecule has 0 unspecified atom stereocenters. The van der Waals surface area contributed by atoms with Crippen molar-refractivity contribution in [1.29, 1.82) is 0 Å². The molecule has 1 aromatic rings. The molecule has 0 saturated heterocycles. The molecule has 0 aliphatic carbocycles. The van der Waals surface area contributed by atoms with Gasteiger partial charge in [0.1, 0.15) is 0 Å². The predicted molar refractivity (Wildman–Crippen MR) is 132 cm³/mol. The first-order valence-corrected chi connectivity index (χ1v) is 15.0. The van der Waals surface area contributed by atoms with Crippen LogP contribution in [0.2, 0.25) is 0 Å². The number of hydrogen-bond acceptors (Lipinski definition) is 0. The largest absolute Gasteiger partial charge is 4.00 e. The van der Waals surface area contributed by atoms with Crippen LogP contribution in [0, 0.1) is 0 Å². The molecule has 1 aromatic carbocycles. The van der Waals surface area contributed by atoms with E-state index in [1.807, 2.05) is 0 Å². The van der Waals surface area contributed by atoms with E-state index in [4.69, 9.17) is 0 Å². The Kier molecular flexibility index (Phi) is 40.7. The van der Waals surface area contributed by atoms with Gasteiger partial charge in [-0.1, -0.05) is 80.1 Å². The molecule has 3 nitrogen and oxygen atoms in total. The number of hydrogen-bond donors (Lipinski definition) is 0. The molecule has 0 aliphatic rings. The SMILES string of the molecule is CCC[N-]CCC.CCC[N-]CCC.CCC[N-]CCC.[F][Ge]([F])([F])[c-]1cccc1.[Hf+4]. The van der Waals surface area contributed by atoms with Crippen molar-refractivity contribution in [1.82, 2.24) is 0 Å². The van der Waals surface area contributed by atoms with Crippen LogP contribution in [-0.2, 0) is 25.8 Å². The summed E-state index contributed by atoms with van der Waals surface area (Å²) >= 11 is -5.94. The van der Waals surface area contributed by atoms with E-state index in [9.17, 15) is 10.5 Å². The standard InChI is InChI=1S/3C6H14N.C5H4F3Ge.Hf/c3*1-3-5-7-6-4-2;6-9(7,8)5-3-1-2-4-5;/h3*3-6H2,1-2H3;1-4H;/q4*-1;+4. The van der Waals surface area contributed by atoms with Gasteiger partial charge >= 0.3 is 79.7 Å². The molecule has 0 radical (unpaired) electrons. The molecule has 0 heterocycles. The predicted octanol–water partition coefficient (Wildman–Crippen LogP) is 8.00. The van der Waals surface area contributed by atoms with Crippen LogP contribution in [0.15, 0.2) is 24.3 Å². The van der Waals surface area contributed by atoms with Crippen LogP contribution in [0.1, 0.15) is 80.1 Å². The molecule has 0 saturated carbocycles. The zero-order valence-electron chi connectivity index (χ0n) is 20.8. The Hall–Kier alpha value is 0.433. The Balaban J connectivity index is -0.000000156. The quantitative estimate of drug-likeness (QED) is 0.116. The Bertz CT molecular complexity index is 356. The molecule has 0 aromatic heterocycles. The molecule has 1 rings (SSSR count). The Morgan fingerprint density at radius 2 is 0.774 bits per heavy atom. The van der Waals surface area contributed by atoms with Crippen LogP contribution >= 0.6 is 0 Å². The third-order valence-electron chi connectivity index (χ3n) is 3.28. The smallest absolute Gasteiger partial charge is 4.00 e. The maximum Gasteiger partial charge on any atom is 4.00 e.